The molecule has 2 N–H and O–H groups in total. The predicted octanol–water partition coefficient (Wildman–Crippen LogP) is 4.47. The van der Waals surface area contributed by atoms with Crippen LogP contribution in [0.2, 0.25) is 0 Å². The van der Waals surface area contributed by atoms with Gasteiger partial charge in [0.25, 0.3) is 0 Å². The lowest BCUT2D eigenvalue weighted by molar-refractivity contribution is 0.405. The van der Waals surface area contributed by atoms with Crippen molar-refractivity contribution in [1.82, 2.24) is 9.97 Å². The summed E-state index contributed by atoms with van der Waals surface area (Å²) in [4.78, 5) is 9.03. The second-order valence-electron chi connectivity index (χ2n) is 6.25. The summed E-state index contributed by atoms with van der Waals surface area (Å²) >= 11 is 0. The molecule has 0 unspecified atom stereocenters. The Kier molecular flexibility index (Phi) is 5.76. The minimum absolute atomic E-state index is 0.569. The van der Waals surface area contributed by atoms with Crippen LogP contribution in [0, 0.1) is 13.8 Å². The maximum Gasteiger partial charge on any atom is 0.225 e. The largest absolute Gasteiger partial charge is 0.497 e. The van der Waals surface area contributed by atoms with Gasteiger partial charge in [-0.1, -0.05) is 29.8 Å². The number of ether oxygens (including phenoxy) is 2. The molecular weight excluding hydrogens is 340 g/mol. The van der Waals surface area contributed by atoms with Crippen LogP contribution in [0.4, 0.5) is 17.5 Å². The third kappa shape index (κ3) is 4.88. The average Bonchev–Trinajstić information content (AvgIpc) is 2.67. The molecule has 0 atom stereocenters. The summed E-state index contributed by atoms with van der Waals surface area (Å²) in [5.41, 5.74) is 4.05. The third-order valence-electron chi connectivity index (χ3n) is 4.09. The number of nitrogens with zero attached hydrogens (tertiary/aromatic N) is 2. The Labute approximate surface area is 159 Å². The highest BCUT2D eigenvalue weighted by Gasteiger charge is 2.08. The van der Waals surface area contributed by atoms with E-state index in [0.717, 1.165) is 17.1 Å². The van der Waals surface area contributed by atoms with Crippen molar-refractivity contribution in [3.63, 3.8) is 0 Å². The molecule has 3 rings (SSSR count). The molecule has 1 aromatic heterocycles. The number of nitrogens with one attached hydrogen (secondary N) is 2. The summed E-state index contributed by atoms with van der Waals surface area (Å²) in [6, 6.07) is 15.8. The Morgan fingerprint density at radius 1 is 0.889 bits per heavy atom. The van der Waals surface area contributed by atoms with Gasteiger partial charge in [-0.15, -0.1) is 0 Å². The van der Waals surface area contributed by atoms with Gasteiger partial charge in [-0.2, -0.15) is 4.98 Å². The number of hydrogen-bond donors (Lipinski definition) is 2. The molecule has 0 aliphatic carbocycles. The van der Waals surface area contributed by atoms with Gasteiger partial charge in [-0.25, -0.2) is 4.98 Å². The fourth-order valence-electron chi connectivity index (χ4n) is 2.65. The van der Waals surface area contributed by atoms with E-state index in [4.69, 9.17) is 9.47 Å². The number of aromatic nitrogens is 2. The number of rotatable bonds is 7. The normalized spacial score (nSPS) is 10.4. The molecule has 140 valence electrons. The molecule has 0 saturated heterocycles. The number of methoxy groups -OCH3 is 2. The number of benzene rings is 2. The summed E-state index contributed by atoms with van der Waals surface area (Å²) in [6.45, 7) is 4.67. The summed E-state index contributed by atoms with van der Waals surface area (Å²) in [5, 5.41) is 6.57. The van der Waals surface area contributed by atoms with Crippen LogP contribution in [-0.2, 0) is 6.54 Å². The van der Waals surface area contributed by atoms with E-state index in [-0.39, 0.29) is 0 Å². The smallest absolute Gasteiger partial charge is 0.225 e. The second-order valence-corrected chi connectivity index (χ2v) is 6.25. The van der Waals surface area contributed by atoms with Gasteiger partial charge >= 0.3 is 0 Å². The van der Waals surface area contributed by atoms with Gasteiger partial charge < -0.3 is 20.1 Å². The van der Waals surface area contributed by atoms with Crippen LogP contribution in [0.3, 0.4) is 0 Å². The topological polar surface area (TPSA) is 68.3 Å². The van der Waals surface area contributed by atoms with E-state index in [0.29, 0.717) is 24.1 Å². The first-order valence-corrected chi connectivity index (χ1v) is 8.71. The fraction of sp³-hybridized carbons (Fsp3) is 0.238. The summed E-state index contributed by atoms with van der Waals surface area (Å²) in [7, 11) is 3.26. The molecule has 0 aliphatic heterocycles. The molecule has 3 aromatic rings. The molecule has 0 fully saturated rings. The Bertz CT molecular complexity index is 911. The van der Waals surface area contributed by atoms with Gasteiger partial charge in [0.05, 0.1) is 19.9 Å². The van der Waals surface area contributed by atoms with Crippen molar-refractivity contribution in [1.29, 1.82) is 0 Å². The number of anilines is 3. The van der Waals surface area contributed by atoms with E-state index < -0.39 is 0 Å². The Morgan fingerprint density at radius 2 is 1.67 bits per heavy atom. The van der Waals surface area contributed by atoms with Gasteiger partial charge in [-0.05, 0) is 31.5 Å². The first kappa shape index (κ1) is 18.5. The number of aryl methyl sites for hydroxylation is 2. The zero-order valence-electron chi connectivity index (χ0n) is 16.0. The highest BCUT2D eigenvalue weighted by molar-refractivity contribution is 5.67. The van der Waals surface area contributed by atoms with Crippen LogP contribution in [0.5, 0.6) is 11.5 Å². The minimum Gasteiger partial charge on any atom is -0.497 e. The van der Waals surface area contributed by atoms with Crippen molar-refractivity contribution >= 4 is 17.5 Å². The van der Waals surface area contributed by atoms with Gasteiger partial charge in [0.2, 0.25) is 5.95 Å². The maximum absolute atomic E-state index is 5.42. The van der Waals surface area contributed by atoms with Crippen molar-refractivity contribution in [3.8, 4) is 11.5 Å². The molecule has 1 heterocycles. The Morgan fingerprint density at radius 3 is 2.37 bits per heavy atom. The zero-order valence-corrected chi connectivity index (χ0v) is 16.0. The summed E-state index contributed by atoms with van der Waals surface area (Å²) < 4.78 is 10.7. The van der Waals surface area contributed by atoms with Crippen LogP contribution in [-0.4, -0.2) is 24.2 Å². The molecule has 27 heavy (non-hydrogen) atoms. The van der Waals surface area contributed by atoms with Gasteiger partial charge in [0.1, 0.15) is 17.3 Å². The Hall–Kier alpha value is -3.28. The van der Waals surface area contributed by atoms with Crippen LogP contribution in [0.15, 0.2) is 48.5 Å². The lowest BCUT2D eigenvalue weighted by Gasteiger charge is -2.13. The van der Waals surface area contributed by atoms with Crippen LogP contribution < -0.4 is 20.1 Å². The van der Waals surface area contributed by atoms with Crippen molar-refractivity contribution in [2.75, 3.05) is 24.9 Å². The van der Waals surface area contributed by atoms with E-state index in [1.165, 1.54) is 11.1 Å². The van der Waals surface area contributed by atoms with Crippen molar-refractivity contribution in [3.05, 3.63) is 65.4 Å². The molecule has 0 aliphatic rings. The molecule has 0 amide bonds. The van der Waals surface area contributed by atoms with Gasteiger partial charge in [-0.3, -0.25) is 0 Å². The lowest BCUT2D eigenvalue weighted by atomic mass is 10.1. The minimum atomic E-state index is 0.569. The number of hydrogen-bond acceptors (Lipinski definition) is 6. The zero-order chi connectivity index (χ0) is 19.2. The second kappa shape index (κ2) is 8.40. The molecule has 0 spiro atoms. The maximum atomic E-state index is 5.42. The van der Waals surface area contributed by atoms with E-state index in [1.54, 1.807) is 14.2 Å². The molecule has 6 heteroatoms. The highest BCUT2D eigenvalue weighted by Crippen LogP contribution is 2.31. The molecule has 0 saturated carbocycles. The van der Waals surface area contributed by atoms with Crippen LogP contribution in [0.1, 0.15) is 16.8 Å². The van der Waals surface area contributed by atoms with E-state index in [1.807, 2.05) is 31.2 Å². The fourth-order valence-corrected chi connectivity index (χ4v) is 2.65. The predicted molar refractivity (Wildman–Crippen MR) is 108 cm³/mol. The van der Waals surface area contributed by atoms with E-state index >= 15 is 0 Å². The third-order valence-corrected chi connectivity index (χ3v) is 4.09. The van der Waals surface area contributed by atoms with Gasteiger partial charge in [0, 0.05) is 24.4 Å². The average molecular weight is 364 g/mol. The molecule has 0 bridgehead atoms. The molecule has 0 radical (unpaired) electrons. The first-order valence-electron chi connectivity index (χ1n) is 8.71. The standard InChI is InChI=1S/C21H24N4O2/c1-14-5-7-16(8-6-14)13-22-21-23-15(2)11-20(25-21)24-18-12-17(26-3)9-10-19(18)27-4/h5-12H,13H2,1-4H3,(H2,22,23,24,25). The monoisotopic (exact) mass is 364 g/mol. The summed E-state index contributed by atoms with van der Waals surface area (Å²) in [5.74, 6) is 2.70. The van der Waals surface area contributed by atoms with Crippen molar-refractivity contribution in [2.24, 2.45) is 0 Å². The van der Waals surface area contributed by atoms with Crippen molar-refractivity contribution < 1.29 is 9.47 Å². The van der Waals surface area contributed by atoms with Crippen LogP contribution >= 0.6 is 0 Å². The van der Waals surface area contributed by atoms with Gasteiger partial charge in [0.15, 0.2) is 0 Å². The summed E-state index contributed by atoms with van der Waals surface area (Å²) in [6.07, 6.45) is 0. The molecule has 2 aromatic carbocycles. The SMILES string of the molecule is COc1ccc(OC)c(Nc2cc(C)nc(NCc3ccc(C)cc3)n2)c1. The highest BCUT2D eigenvalue weighted by atomic mass is 16.5. The van der Waals surface area contributed by atoms with E-state index in [9.17, 15) is 0 Å². The van der Waals surface area contributed by atoms with Crippen LogP contribution in [0.25, 0.3) is 0 Å². The quantitative estimate of drug-likeness (QED) is 0.645. The Balaban J connectivity index is 1.78. The molecular formula is C21H24N4O2. The van der Waals surface area contributed by atoms with Crippen molar-refractivity contribution in [2.45, 2.75) is 20.4 Å². The first-order chi connectivity index (χ1) is 13.1. The molecule has 6 nitrogen and oxygen atoms in total. The van der Waals surface area contributed by atoms with E-state index in [2.05, 4.69) is 51.8 Å². The lowest BCUT2D eigenvalue weighted by Crippen LogP contribution is -2.06.